The standard InChI is InChI=1S/C14H15N3O2/c1-3-9(11(15)4-2)14(19)17-12-8-6-5-7-10(12)13(16)18/h3-8H,1-2,15H2,(H2,16,18)(H,17,19)/b11-9-. The van der Waals surface area contributed by atoms with Crippen molar-refractivity contribution in [3.63, 3.8) is 0 Å². The van der Waals surface area contributed by atoms with E-state index in [4.69, 9.17) is 11.5 Å². The number of anilines is 1. The maximum Gasteiger partial charge on any atom is 0.257 e. The number of nitrogens with two attached hydrogens (primary N) is 2. The van der Waals surface area contributed by atoms with E-state index in [9.17, 15) is 9.59 Å². The van der Waals surface area contributed by atoms with Crippen LogP contribution in [0.4, 0.5) is 5.69 Å². The lowest BCUT2D eigenvalue weighted by Crippen LogP contribution is -2.20. The normalized spacial score (nSPS) is 11.2. The number of allylic oxidation sites excluding steroid dienone is 1. The van der Waals surface area contributed by atoms with Gasteiger partial charge < -0.3 is 16.8 Å². The molecular formula is C14H15N3O2. The van der Waals surface area contributed by atoms with Crippen LogP contribution >= 0.6 is 0 Å². The van der Waals surface area contributed by atoms with Crippen LogP contribution in [-0.4, -0.2) is 11.8 Å². The topological polar surface area (TPSA) is 98.2 Å². The molecule has 0 atom stereocenters. The molecule has 0 aliphatic heterocycles. The molecule has 5 nitrogen and oxygen atoms in total. The number of hydrogen-bond donors (Lipinski definition) is 3. The van der Waals surface area contributed by atoms with Gasteiger partial charge in [0.15, 0.2) is 0 Å². The van der Waals surface area contributed by atoms with Gasteiger partial charge in [-0.25, -0.2) is 0 Å². The van der Waals surface area contributed by atoms with Crippen molar-refractivity contribution < 1.29 is 9.59 Å². The fourth-order valence-corrected chi connectivity index (χ4v) is 1.45. The molecule has 0 aliphatic carbocycles. The van der Waals surface area contributed by atoms with Gasteiger partial charge >= 0.3 is 0 Å². The number of primary amides is 1. The summed E-state index contributed by atoms with van der Waals surface area (Å²) in [4.78, 5) is 23.2. The Morgan fingerprint density at radius 3 is 2.26 bits per heavy atom. The second-order valence-electron chi connectivity index (χ2n) is 3.64. The minimum Gasteiger partial charge on any atom is -0.398 e. The third kappa shape index (κ3) is 3.32. The van der Waals surface area contributed by atoms with E-state index >= 15 is 0 Å². The predicted molar refractivity (Wildman–Crippen MR) is 75.2 cm³/mol. The first-order valence-electron chi connectivity index (χ1n) is 5.46. The van der Waals surface area contributed by atoms with Gasteiger partial charge in [-0.1, -0.05) is 31.4 Å². The molecular weight excluding hydrogens is 242 g/mol. The Hall–Kier alpha value is -2.82. The van der Waals surface area contributed by atoms with Gasteiger partial charge in [0.25, 0.3) is 11.8 Å². The maximum absolute atomic E-state index is 12.0. The number of benzene rings is 1. The summed E-state index contributed by atoms with van der Waals surface area (Å²) in [7, 11) is 0. The molecule has 0 saturated heterocycles. The first-order chi connectivity index (χ1) is 9.01. The number of carbonyl (C=O) groups excluding carboxylic acids is 2. The van der Waals surface area contributed by atoms with Crippen molar-refractivity contribution in [2.75, 3.05) is 5.32 Å². The van der Waals surface area contributed by atoms with Crippen LogP contribution in [0.15, 0.2) is 60.8 Å². The van der Waals surface area contributed by atoms with E-state index in [1.807, 2.05) is 0 Å². The summed E-state index contributed by atoms with van der Waals surface area (Å²) in [5.41, 5.74) is 11.7. The Morgan fingerprint density at radius 1 is 1.11 bits per heavy atom. The Balaban J connectivity index is 3.10. The molecule has 0 radical (unpaired) electrons. The molecule has 0 bridgehead atoms. The van der Waals surface area contributed by atoms with Crippen LogP contribution in [0.5, 0.6) is 0 Å². The lowest BCUT2D eigenvalue weighted by molar-refractivity contribution is -0.112. The quantitative estimate of drug-likeness (QED) is 0.548. The molecule has 0 saturated carbocycles. The Bertz CT molecular complexity index is 574. The van der Waals surface area contributed by atoms with Gasteiger partial charge in [0.1, 0.15) is 0 Å². The molecule has 0 aromatic heterocycles. The first-order valence-corrected chi connectivity index (χ1v) is 5.46. The Kier molecular flexibility index (Phi) is 4.65. The van der Waals surface area contributed by atoms with Gasteiger partial charge in [-0.2, -0.15) is 0 Å². The summed E-state index contributed by atoms with van der Waals surface area (Å²) in [6.45, 7) is 6.99. The van der Waals surface area contributed by atoms with Gasteiger partial charge in [-0.05, 0) is 18.2 Å². The zero-order valence-electron chi connectivity index (χ0n) is 10.3. The summed E-state index contributed by atoms with van der Waals surface area (Å²) in [6, 6.07) is 6.42. The second-order valence-corrected chi connectivity index (χ2v) is 3.64. The largest absolute Gasteiger partial charge is 0.398 e. The van der Waals surface area contributed by atoms with Gasteiger partial charge in [0, 0.05) is 5.70 Å². The number of hydrogen-bond acceptors (Lipinski definition) is 3. The fourth-order valence-electron chi connectivity index (χ4n) is 1.45. The van der Waals surface area contributed by atoms with Crippen LogP contribution in [-0.2, 0) is 4.79 Å². The highest BCUT2D eigenvalue weighted by atomic mass is 16.2. The molecule has 98 valence electrons. The summed E-state index contributed by atoms with van der Waals surface area (Å²) in [5, 5.41) is 2.56. The van der Waals surface area contributed by atoms with E-state index in [0.29, 0.717) is 5.69 Å². The van der Waals surface area contributed by atoms with E-state index in [2.05, 4.69) is 18.5 Å². The highest BCUT2D eigenvalue weighted by Crippen LogP contribution is 2.16. The number of para-hydroxylation sites is 1. The van der Waals surface area contributed by atoms with E-state index in [1.165, 1.54) is 18.2 Å². The number of amides is 2. The second kappa shape index (κ2) is 6.20. The van der Waals surface area contributed by atoms with Crippen molar-refractivity contribution in [3.8, 4) is 0 Å². The predicted octanol–water partition coefficient (Wildman–Crippen LogP) is 1.31. The molecule has 5 N–H and O–H groups in total. The highest BCUT2D eigenvalue weighted by molar-refractivity contribution is 6.10. The average Bonchev–Trinajstić information content (AvgIpc) is 2.39. The molecule has 2 amide bonds. The highest BCUT2D eigenvalue weighted by Gasteiger charge is 2.13. The lowest BCUT2D eigenvalue weighted by atomic mass is 10.1. The SMILES string of the molecule is C=C/C(N)=C(\C=C)C(=O)Nc1ccccc1C(N)=O. The van der Waals surface area contributed by atoms with E-state index < -0.39 is 11.8 Å². The monoisotopic (exact) mass is 257 g/mol. The van der Waals surface area contributed by atoms with Crippen molar-refractivity contribution in [2.45, 2.75) is 0 Å². The van der Waals surface area contributed by atoms with Gasteiger partial charge in [-0.15, -0.1) is 0 Å². The zero-order chi connectivity index (χ0) is 14.4. The Morgan fingerprint density at radius 2 is 1.74 bits per heavy atom. The van der Waals surface area contributed by atoms with Crippen molar-refractivity contribution in [1.82, 2.24) is 0 Å². The number of carbonyl (C=O) groups is 2. The Labute approximate surface area is 111 Å². The van der Waals surface area contributed by atoms with E-state index in [0.717, 1.165) is 0 Å². The average molecular weight is 257 g/mol. The summed E-state index contributed by atoms with van der Waals surface area (Å²) >= 11 is 0. The summed E-state index contributed by atoms with van der Waals surface area (Å²) in [5.74, 6) is -1.11. The summed E-state index contributed by atoms with van der Waals surface area (Å²) in [6.07, 6.45) is 2.66. The molecule has 1 rings (SSSR count). The van der Waals surface area contributed by atoms with Crippen LogP contribution in [0.1, 0.15) is 10.4 Å². The van der Waals surface area contributed by atoms with Gasteiger partial charge in [-0.3, -0.25) is 9.59 Å². The minimum atomic E-state index is -0.628. The van der Waals surface area contributed by atoms with Crippen molar-refractivity contribution >= 4 is 17.5 Å². The lowest BCUT2D eigenvalue weighted by Gasteiger charge is -2.10. The van der Waals surface area contributed by atoms with Crippen molar-refractivity contribution in [3.05, 3.63) is 66.4 Å². The van der Waals surface area contributed by atoms with Crippen LogP contribution in [0, 0.1) is 0 Å². The molecule has 0 unspecified atom stereocenters. The van der Waals surface area contributed by atoms with Gasteiger partial charge in [0.2, 0.25) is 0 Å². The molecule has 0 fully saturated rings. The van der Waals surface area contributed by atoms with Crippen molar-refractivity contribution in [1.29, 1.82) is 0 Å². The number of nitrogens with one attached hydrogen (secondary N) is 1. The molecule has 0 aliphatic rings. The fraction of sp³-hybridized carbons (Fsp3) is 0. The first kappa shape index (κ1) is 14.2. The van der Waals surface area contributed by atoms with Crippen LogP contribution in [0.2, 0.25) is 0 Å². The molecule has 1 aromatic carbocycles. The van der Waals surface area contributed by atoms with Gasteiger partial charge in [0.05, 0.1) is 16.8 Å². The molecule has 0 heterocycles. The zero-order valence-corrected chi connectivity index (χ0v) is 10.3. The summed E-state index contributed by atoms with van der Waals surface area (Å²) < 4.78 is 0. The molecule has 0 spiro atoms. The third-order valence-corrected chi connectivity index (χ3v) is 2.42. The number of rotatable bonds is 5. The minimum absolute atomic E-state index is 0.175. The van der Waals surface area contributed by atoms with Crippen LogP contribution in [0.3, 0.4) is 0 Å². The van der Waals surface area contributed by atoms with E-state index in [1.54, 1.807) is 18.2 Å². The smallest absolute Gasteiger partial charge is 0.257 e. The third-order valence-electron chi connectivity index (χ3n) is 2.42. The maximum atomic E-state index is 12.0. The van der Waals surface area contributed by atoms with Crippen LogP contribution in [0.25, 0.3) is 0 Å². The van der Waals surface area contributed by atoms with E-state index in [-0.39, 0.29) is 16.8 Å². The molecule has 1 aromatic rings. The molecule has 5 heteroatoms. The van der Waals surface area contributed by atoms with Crippen LogP contribution < -0.4 is 16.8 Å². The van der Waals surface area contributed by atoms with Crippen molar-refractivity contribution in [2.24, 2.45) is 11.5 Å². The molecule has 19 heavy (non-hydrogen) atoms.